The van der Waals surface area contributed by atoms with Crippen LogP contribution in [0, 0.1) is 5.92 Å². The molecule has 2 heterocycles. The lowest BCUT2D eigenvalue weighted by Gasteiger charge is -2.18. The van der Waals surface area contributed by atoms with Crippen LogP contribution >= 0.6 is 0 Å². The van der Waals surface area contributed by atoms with Crippen LogP contribution in [0.1, 0.15) is 36.9 Å². The van der Waals surface area contributed by atoms with Gasteiger partial charge < -0.3 is 15.0 Å². The average molecular weight is 356 g/mol. The number of anilines is 1. The second kappa shape index (κ2) is 8.01. The van der Waals surface area contributed by atoms with Gasteiger partial charge in [0.25, 0.3) is 0 Å². The van der Waals surface area contributed by atoms with Crippen molar-refractivity contribution in [1.29, 1.82) is 0 Å². The Morgan fingerprint density at radius 1 is 1.35 bits per heavy atom. The molecule has 0 bridgehead atoms. The molecule has 1 amide bonds. The summed E-state index contributed by atoms with van der Waals surface area (Å²) in [6.07, 6.45) is 3.64. The summed E-state index contributed by atoms with van der Waals surface area (Å²) < 4.78 is 2.00. The number of carbonyl (C=O) groups is 1. The summed E-state index contributed by atoms with van der Waals surface area (Å²) in [5.74, 6) is 0.663. The van der Waals surface area contributed by atoms with Gasteiger partial charge in [-0.2, -0.15) is 0 Å². The highest BCUT2D eigenvalue weighted by Crippen LogP contribution is 2.32. The summed E-state index contributed by atoms with van der Waals surface area (Å²) in [6.45, 7) is 6.16. The van der Waals surface area contributed by atoms with Gasteiger partial charge in [-0.15, -0.1) is 0 Å². The van der Waals surface area contributed by atoms with E-state index < -0.39 is 0 Å². The van der Waals surface area contributed by atoms with E-state index in [2.05, 4.69) is 35.1 Å². The molecule has 0 spiro atoms. The number of nitrogens with zero attached hydrogens (tertiary/aromatic N) is 3. The molecule has 2 atom stereocenters. The minimum atomic E-state index is -0.0135. The van der Waals surface area contributed by atoms with E-state index in [0.717, 1.165) is 23.5 Å². The minimum Gasteiger partial charge on any atom is -0.396 e. The minimum absolute atomic E-state index is 0.0135. The molecule has 2 N–H and O–H groups in total. The first-order valence-corrected chi connectivity index (χ1v) is 9.17. The van der Waals surface area contributed by atoms with Crippen molar-refractivity contribution in [3.63, 3.8) is 0 Å². The van der Waals surface area contributed by atoms with Gasteiger partial charge in [0.15, 0.2) is 0 Å². The molecule has 6 nitrogen and oxygen atoms in total. The predicted molar refractivity (Wildman–Crippen MR) is 102 cm³/mol. The molecule has 1 saturated heterocycles. The number of benzene rings is 1. The van der Waals surface area contributed by atoms with Crippen LogP contribution in [-0.2, 0) is 11.8 Å². The van der Waals surface area contributed by atoms with Gasteiger partial charge >= 0.3 is 0 Å². The number of para-hydroxylation sites is 1. The number of imidazole rings is 1. The lowest BCUT2D eigenvalue weighted by atomic mass is 9.94. The van der Waals surface area contributed by atoms with Crippen molar-refractivity contribution in [3.05, 3.63) is 48.0 Å². The maximum atomic E-state index is 12.6. The van der Waals surface area contributed by atoms with Crippen molar-refractivity contribution in [2.24, 2.45) is 13.0 Å². The molecule has 6 heteroatoms. The molecule has 0 radical (unpaired) electrons. The lowest BCUT2D eigenvalue weighted by molar-refractivity contribution is -0.117. The van der Waals surface area contributed by atoms with Crippen molar-refractivity contribution >= 4 is 11.6 Å². The van der Waals surface area contributed by atoms with Gasteiger partial charge in [-0.05, 0) is 17.5 Å². The molecule has 1 aromatic carbocycles. The summed E-state index contributed by atoms with van der Waals surface area (Å²) in [5.41, 5.74) is 3.13. The third-order valence-corrected chi connectivity index (χ3v) is 5.21. The normalized spacial score (nSPS) is 20.7. The number of aromatic nitrogens is 2. The van der Waals surface area contributed by atoms with E-state index in [1.54, 1.807) is 6.33 Å². The molecular formula is C20H28N4O2. The van der Waals surface area contributed by atoms with Crippen molar-refractivity contribution in [2.45, 2.75) is 25.7 Å². The molecule has 1 aromatic heterocycles. The number of nitrogens with one attached hydrogen (secondary N) is 1. The number of carbonyl (C=O) groups excluding carboxylic acids is 1. The van der Waals surface area contributed by atoms with E-state index in [1.807, 2.05) is 36.0 Å². The first-order chi connectivity index (χ1) is 12.5. The van der Waals surface area contributed by atoms with E-state index in [1.165, 1.54) is 0 Å². The van der Waals surface area contributed by atoms with Crippen molar-refractivity contribution < 1.29 is 9.90 Å². The zero-order valence-electron chi connectivity index (χ0n) is 15.7. The van der Waals surface area contributed by atoms with Gasteiger partial charge in [-0.1, -0.05) is 32.0 Å². The Hall–Kier alpha value is -2.18. The fraction of sp³-hybridized carbons (Fsp3) is 0.500. The summed E-state index contributed by atoms with van der Waals surface area (Å²) in [4.78, 5) is 18.9. The van der Waals surface area contributed by atoms with E-state index >= 15 is 0 Å². The van der Waals surface area contributed by atoms with Gasteiger partial charge in [-0.3, -0.25) is 9.69 Å². The van der Waals surface area contributed by atoms with E-state index in [4.69, 9.17) is 0 Å². The first kappa shape index (κ1) is 18.6. The maximum Gasteiger partial charge on any atom is 0.238 e. The van der Waals surface area contributed by atoms with E-state index in [-0.39, 0.29) is 24.3 Å². The number of hydrogen-bond acceptors (Lipinski definition) is 4. The van der Waals surface area contributed by atoms with Crippen LogP contribution in [0.25, 0.3) is 0 Å². The Kier molecular flexibility index (Phi) is 5.74. The number of amides is 1. The molecule has 140 valence electrons. The van der Waals surface area contributed by atoms with Crippen LogP contribution in [0.15, 0.2) is 36.8 Å². The number of aliphatic hydroxyl groups is 1. The van der Waals surface area contributed by atoms with Gasteiger partial charge in [0.2, 0.25) is 5.91 Å². The molecule has 2 aromatic rings. The predicted octanol–water partition coefficient (Wildman–Crippen LogP) is 2.19. The number of likely N-dealkylation sites (tertiary alicyclic amines) is 1. The van der Waals surface area contributed by atoms with Crippen LogP contribution in [-0.4, -0.2) is 51.7 Å². The van der Waals surface area contributed by atoms with Crippen LogP contribution < -0.4 is 5.32 Å². The van der Waals surface area contributed by atoms with Crippen LogP contribution in [0.5, 0.6) is 0 Å². The number of hydrogen-bond donors (Lipinski definition) is 2. The SMILES string of the molecule is CC(C)c1ccccc1NC(=O)CN1C[C@@H](CO)[C@H](c2cncn2C)C1. The van der Waals surface area contributed by atoms with E-state index in [0.29, 0.717) is 19.0 Å². The number of rotatable bonds is 6. The summed E-state index contributed by atoms with van der Waals surface area (Å²) >= 11 is 0. The molecule has 0 aliphatic carbocycles. The van der Waals surface area contributed by atoms with Crippen molar-refractivity contribution in [2.75, 3.05) is 31.6 Å². The Bertz CT molecular complexity index is 756. The maximum absolute atomic E-state index is 12.6. The standard InChI is InChI=1S/C20H28N4O2/c1-14(2)16-6-4-5-7-18(16)22-20(26)11-24-9-15(12-25)17(10-24)19-8-21-13-23(19)3/h4-8,13-15,17,25H,9-12H2,1-3H3,(H,22,26)/t15-,17+/m0/s1. The Morgan fingerprint density at radius 3 is 2.77 bits per heavy atom. The summed E-state index contributed by atoms with van der Waals surface area (Å²) in [7, 11) is 1.97. The molecule has 1 aliphatic rings. The molecular weight excluding hydrogens is 328 g/mol. The smallest absolute Gasteiger partial charge is 0.238 e. The Morgan fingerprint density at radius 2 is 2.12 bits per heavy atom. The van der Waals surface area contributed by atoms with Crippen LogP contribution in [0.2, 0.25) is 0 Å². The molecule has 26 heavy (non-hydrogen) atoms. The molecule has 1 fully saturated rings. The molecule has 1 aliphatic heterocycles. The van der Waals surface area contributed by atoms with Gasteiger partial charge in [0.1, 0.15) is 0 Å². The highest BCUT2D eigenvalue weighted by molar-refractivity contribution is 5.93. The fourth-order valence-electron chi connectivity index (χ4n) is 3.84. The largest absolute Gasteiger partial charge is 0.396 e. The summed E-state index contributed by atoms with van der Waals surface area (Å²) in [5, 5.41) is 12.8. The van der Waals surface area contributed by atoms with E-state index in [9.17, 15) is 9.90 Å². The number of aliphatic hydroxyl groups excluding tert-OH is 1. The third kappa shape index (κ3) is 3.97. The van der Waals surface area contributed by atoms with Crippen molar-refractivity contribution in [3.8, 4) is 0 Å². The Balaban J connectivity index is 1.64. The average Bonchev–Trinajstić information content (AvgIpc) is 3.20. The van der Waals surface area contributed by atoms with Crippen LogP contribution in [0.3, 0.4) is 0 Å². The molecule has 0 unspecified atom stereocenters. The fourth-order valence-corrected chi connectivity index (χ4v) is 3.84. The highest BCUT2D eigenvalue weighted by atomic mass is 16.3. The topological polar surface area (TPSA) is 70.4 Å². The quantitative estimate of drug-likeness (QED) is 0.832. The third-order valence-electron chi connectivity index (χ3n) is 5.21. The number of aryl methyl sites for hydroxylation is 1. The zero-order valence-corrected chi connectivity index (χ0v) is 15.7. The van der Waals surface area contributed by atoms with Crippen molar-refractivity contribution in [1.82, 2.24) is 14.5 Å². The second-order valence-electron chi connectivity index (χ2n) is 7.46. The summed E-state index contributed by atoms with van der Waals surface area (Å²) in [6, 6.07) is 7.94. The van der Waals surface area contributed by atoms with Crippen LogP contribution in [0.4, 0.5) is 5.69 Å². The molecule has 0 saturated carbocycles. The van der Waals surface area contributed by atoms with Gasteiger partial charge in [0, 0.05) is 56.2 Å². The zero-order chi connectivity index (χ0) is 18.7. The van der Waals surface area contributed by atoms with Gasteiger partial charge in [0.05, 0.1) is 12.9 Å². The monoisotopic (exact) mass is 356 g/mol. The van der Waals surface area contributed by atoms with Gasteiger partial charge in [-0.25, -0.2) is 4.98 Å². The first-order valence-electron chi connectivity index (χ1n) is 9.17. The second-order valence-corrected chi connectivity index (χ2v) is 7.46. The Labute approximate surface area is 154 Å². The molecule has 3 rings (SSSR count). The lowest BCUT2D eigenvalue weighted by Crippen LogP contribution is -2.32. The highest BCUT2D eigenvalue weighted by Gasteiger charge is 2.35.